The summed E-state index contributed by atoms with van der Waals surface area (Å²) < 4.78 is 5.28. The number of hydrogen-bond acceptors (Lipinski definition) is 3. The summed E-state index contributed by atoms with van der Waals surface area (Å²) >= 11 is 0. The van der Waals surface area contributed by atoms with Crippen LogP contribution in [0.25, 0.3) is 0 Å². The predicted molar refractivity (Wildman–Crippen MR) is 78.1 cm³/mol. The zero-order valence-electron chi connectivity index (χ0n) is 11.8. The molecule has 2 atom stereocenters. The number of nitrogens with one attached hydrogen (secondary N) is 2. The second-order valence-corrected chi connectivity index (χ2v) is 4.82. The van der Waals surface area contributed by atoms with Gasteiger partial charge in [0, 0.05) is 0 Å². The van der Waals surface area contributed by atoms with E-state index in [1.807, 2.05) is 56.3 Å². The van der Waals surface area contributed by atoms with E-state index < -0.39 is 0 Å². The molecular formula is C16H20N2O2. The Morgan fingerprint density at radius 3 is 2.50 bits per heavy atom. The number of carbonyl (C=O) groups excluding carboxylic acids is 1. The zero-order chi connectivity index (χ0) is 14.4. The lowest BCUT2D eigenvalue weighted by Gasteiger charge is -2.16. The normalized spacial score (nSPS) is 13.7. The van der Waals surface area contributed by atoms with Crippen LogP contribution in [0.5, 0.6) is 0 Å². The summed E-state index contributed by atoms with van der Waals surface area (Å²) in [6, 6.07) is 13.7. The van der Waals surface area contributed by atoms with E-state index in [0.717, 1.165) is 11.3 Å². The van der Waals surface area contributed by atoms with Crippen LogP contribution in [-0.4, -0.2) is 12.5 Å². The molecule has 2 N–H and O–H groups in total. The minimum atomic E-state index is -0.0280. The van der Waals surface area contributed by atoms with E-state index in [9.17, 15) is 4.79 Å². The fourth-order valence-corrected chi connectivity index (χ4v) is 2.00. The van der Waals surface area contributed by atoms with Crippen LogP contribution in [0.1, 0.15) is 37.3 Å². The molecule has 106 valence electrons. The zero-order valence-corrected chi connectivity index (χ0v) is 11.8. The van der Waals surface area contributed by atoms with E-state index in [1.54, 1.807) is 6.26 Å². The average Bonchev–Trinajstić information content (AvgIpc) is 3.00. The summed E-state index contributed by atoms with van der Waals surface area (Å²) in [7, 11) is 0. The molecule has 4 nitrogen and oxygen atoms in total. The smallest absolute Gasteiger partial charge is 0.234 e. The van der Waals surface area contributed by atoms with Gasteiger partial charge >= 0.3 is 0 Å². The van der Waals surface area contributed by atoms with Gasteiger partial charge in [0.2, 0.25) is 5.91 Å². The number of hydrogen-bond donors (Lipinski definition) is 2. The van der Waals surface area contributed by atoms with Gasteiger partial charge in [-0.05, 0) is 31.5 Å². The number of rotatable bonds is 6. The Morgan fingerprint density at radius 1 is 1.10 bits per heavy atom. The maximum absolute atomic E-state index is 11.9. The Bertz CT molecular complexity index is 523. The van der Waals surface area contributed by atoms with Gasteiger partial charge in [0.05, 0.1) is 24.9 Å². The van der Waals surface area contributed by atoms with Gasteiger partial charge in [0.1, 0.15) is 5.76 Å². The molecule has 0 aliphatic carbocycles. The molecular weight excluding hydrogens is 252 g/mol. The second-order valence-electron chi connectivity index (χ2n) is 4.82. The Kier molecular flexibility index (Phi) is 4.96. The highest BCUT2D eigenvalue weighted by Gasteiger charge is 2.12. The van der Waals surface area contributed by atoms with Gasteiger partial charge in [-0.3, -0.25) is 10.1 Å². The first-order chi connectivity index (χ1) is 9.66. The van der Waals surface area contributed by atoms with Crippen LogP contribution in [0.3, 0.4) is 0 Å². The lowest BCUT2D eigenvalue weighted by Crippen LogP contribution is -2.36. The molecule has 1 aromatic carbocycles. The van der Waals surface area contributed by atoms with E-state index in [-0.39, 0.29) is 24.5 Å². The van der Waals surface area contributed by atoms with Crippen molar-refractivity contribution in [3.8, 4) is 0 Å². The fraction of sp³-hybridized carbons (Fsp3) is 0.312. The molecule has 1 aromatic heterocycles. The molecule has 1 heterocycles. The standard InChI is InChI=1S/C16H20N2O2/c1-12(14-7-4-3-5-8-14)18-16(19)11-17-13(2)15-9-6-10-20-15/h3-10,12-13,17H,11H2,1-2H3,(H,18,19)/t12-,13+/m1/s1. The molecule has 0 saturated heterocycles. The summed E-state index contributed by atoms with van der Waals surface area (Å²) in [5.41, 5.74) is 1.10. The molecule has 0 radical (unpaired) electrons. The highest BCUT2D eigenvalue weighted by Crippen LogP contribution is 2.12. The van der Waals surface area contributed by atoms with E-state index >= 15 is 0 Å². The first-order valence-electron chi connectivity index (χ1n) is 6.78. The number of benzene rings is 1. The van der Waals surface area contributed by atoms with Crippen molar-refractivity contribution in [3.63, 3.8) is 0 Å². The first kappa shape index (κ1) is 14.3. The van der Waals surface area contributed by atoms with Crippen LogP contribution < -0.4 is 10.6 Å². The monoisotopic (exact) mass is 272 g/mol. The number of amides is 1. The van der Waals surface area contributed by atoms with E-state index in [1.165, 1.54) is 0 Å². The minimum absolute atomic E-state index is 0.00409. The van der Waals surface area contributed by atoms with Gasteiger partial charge in [-0.25, -0.2) is 0 Å². The van der Waals surface area contributed by atoms with Crippen LogP contribution in [0.15, 0.2) is 53.1 Å². The summed E-state index contributed by atoms with van der Waals surface area (Å²) in [4.78, 5) is 11.9. The second kappa shape index (κ2) is 6.91. The SMILES string of the molecule is C[C@H](NCC(=O)N[C@H](C)c1ccccc1)c1ccco1. The molecule has 0 bridgehead atoms. The van der Waals surface area contributed by atoms with Gasteiger partial charge in [-0.2, -0.15) is 0 Å². The summed E-state index contributed by atoms with van der Waals surface area (Å²) in [6.45, 7) is 4.20. The van der Waals surface area contributed by atoms with Crippen LogP contribution in [-0.2, 0) is 4.79 Å². The van der Waals surface area contributed by atoms with Gasteiger partial charge in [-0.15, -0.1) is 0 Å². The van der Waals surface area contributed by atoms with E-state index in [2.05, 4.69) is 10.6 Å². The van der Waals surface area contributed by atoms with Crippen molar-refractivity contribution in [1.29, 1.82) is 0 Å². The van der Waals surface area contributed by atoms with Crippen LogP contribution in [0.2, 0.25) is 0 Å². The maximum atomic E-state index is 11.9. The van der Waals surface area contributed by atoms with Gasteiger partial charge in [0.25, 0.3) is 0 Å². The Balaban J connectivity index is 1.78. The summed E-state index contributed by atoms with van der Waals surface area (Å²) in [5, 5.41) is 6.10. The highest BCUT2D eigenvalue weighted by atomic mass is 16.3. The molecule has 1 amide bonds. The van der Waals surface area contributed by atoms with Crippen LogP contribution >= 0.6 is 0 Å². The Morgan fingerprint density at radius 2 is 1.85 bits per heavy atom. The minimum Gasteiger partial charge on any atom is -0.468 e. The van der Waals surface area contributed by atoms with Gasteiger partial charge in [-0.1, -0.05) is 30.3 Å². The Hall–Kier alpha value is -2.07. The molecule has 4 heteroatoms. The number of furan rings is 1. The summed E-state index contributed by atoms with van der Waals surface area (Å²) in [6.07, 6.45) is 1.63. The highest BCUT2D eigenvalue weighted by molar-refractivity contribution is 5.78. The van der Waals surface area contributed by atoms with Crippen LogP contribution in [0.4, 0.5) is 0 Å². The topological polar surface area (TPSA) is 54.3 Å². The van der Waals surface area contributed by atoms with E-state index in [0.29, 0.717) is 0 Å². The molecule has 0 fully saturated rings. The molecule has 0 aliphatic rings. The average molecular weight is 272 g/mol. The predicted octanol–water partition coefficient (Wildman–Crippen LogP) is 2.81. The van der Waals surface area contributed by atoms with Crippen molar-refractivity contribution in [2.45, 2.75) is 25.9 Å². The third-order valence-corrected chi connectivity index (χ3v) is 3.22. The molecule has 0 unspecified atom stereocenters. The maximum Gasteiger partial charge on any atom is 0.234 e. The van der Waals surface area contributed by atoms with Crippen molar-refractivity contribution in [2.75, 3.05) is 6.54 Å². The van der Waals surface area contributed by atoms with Crippen molar-refractivity contribution in [1.82, 2.24) is 10.6 Å². The molecule has 0 aliphatic heterocycles. The number of carbonyl (C=O) groups is 1. The molecule has 2 rings (SSSR count). The van der Waals surface area contributed by atoms with Crippen molar-refractivity contribution in [2.24, 2.45) is 0 Å². The van der Waals surface area contributed by atoms with Crippen molar-refractivity contribution >= 4 is 5.91 Å². The van der Waals surface area contributed by atoms with E-state index in [4.69, 9.17) is 4.42 Å². The van der Waals surface area contributed by atoms with Gasteiger partial charge < -0.3 is 9.73 Å². The summed E-state index contributed by atoms with van der Waals surface area (Å²) in [5.74, 6) is 0.800. The third-order valence-electron chi connectivity index (χ3n) is 3.22. The fourth-order valence-electron chi connectivity index (χ4n) is 2.00. The largest absolute Gasteiger partial charge is 0.468 e. The molecule has 0 spiro atoms. The van der Waals surface area contributed by atoms with Crippen LogP contribution in [0, 0.1) is 0 Å². The Labute approximate surface area is 119 Å². The molecule has 0 saturated carbocycles. The van der Waals surface area contributed by atoms with Gasteiger partial charge in [0.15, 0.2) is 0 Å². The van der Waals surface area contributed by atoms with Crippen molar-refractivity contribution in [3.05, 3.63) is 60.1 Å². The quantitative estimate of drug-likeness (QED) is 0.850. The first-order valence-corrected chi connectivity index (χ1v) is 6.78. The lowest BCUT2D eigenvalue weighted by atomic mass is 10.1. The molecule has 20 heavy (non-hydrogen) atoms. The third kappa shape index (κ3) is 3.96. The van der Waals surface area contributed by atoms with Crippen molar-refractivity contribution < 1.29 is 9.21 Å². The molecule has 2 aromatic rings. The lowest BCUT2D eigenvalue weighted by molar-refractivity contribution is -0.121.